The maximum atomic E-state index is 13.5. The van der Waals surface area contributed by atoms with Crippen LogP contribution in [0, 0.1) is 5.82 Å². The minimum absolute atomic E-state index is 0.121. The molecule has 0 N–H and O–H groups in total. The van der Waals surface area contributed by atoms with Gasteiger partial charge in [0.1, 0.15) is 23.9 Å². The van der Waals surface area contributed by atoms with Gasteiger partial charge in [-0.1, -0.05) is 11.6 Å². The van der Waals surface area contributed by atoms with E-state index in [1.54, 1.807) is 17.0 Å². The first-order valence-corrected chi connectivity index (χ1v) is 12.5. The molecule has 0 bridgehead atoms. The van der Waals surface area contributed by atoms with E-state index in [9.17, 15) is 17.6 Å². The van der Waals surface area contributed by atoms with E-state index in [-0.39, 0.29) is 37.0 Å². The predicted octanol–water partition coefficient (Wildman–Crippen LogP) is 3.61. The molecule has 11 heteroatoms. The number of fused-ring (bicyclic) bond motifs is 2. The van der Waals surface area contributed by atoms with Crippen LogP contribution in [0.4, 0.5) is 4.39 Å². The van der Waals surface area contributed by atoms with Gasteiger partial charge in [0.25, 0.3) is 5.91 Å². The minimum atomic E-state index is -3.75. The molecule has 0 radical (unpaired) electrons. The van der Waals surface area contributed by atoms with Crippen molar-refractivity contribution >= 4 is 49.0 Å². The number of thiophene rings is 1. The van der Waals surface area contributed by atoms with Crippen molar-refractivity contribution < 1.29 is 27.1 Å². The molecule has 7 nitrogen and oxygen atoms in total. The van der Waals surface area contributed by atoms with E-state index in [1.807, 2.05) is 0 Å². The van der Waals surface area contributed by atoms with Gasteiger partial charge in [-0.15, -0.1) is 11.3 Å². The second-order valence-electron chi connectivity index (χ2n) is 7.39. The van der Waals surface area contributed by atoms with Gasteiger partial charge in [-0.05, 0) is 30.3 Å². The lowest BCUT2D eigenvalue weighted by atomic mass is 10.2. The zero-order valence-corrected chi connectivity index (χ0v) is 19.1. The highest BCUT2D eigenvalue weighted by Crippen LogP contribution is 2.37. The fraction of sp³-hybridized carbons (Fsp3) is 0.286. The number of benzene rings is 2. The normalized spacial score (nSPS) is 17.0. The Morgan fingerprint density at radius 1 is 1.00 bits per heavy atom. The fourth-order valence-electron chi connectivity index (χ4n) is 3.78. The van der Waals surface area contributed by atoms with Crippen LogP contribution in [-0.4, -0.2) is 62.9 Å². The lowest BCUT2D eigenvalue weighted by molar-refractivity contribution is 0.0703. The molecule has 0 saturated carbocycles. The molecule has 3 aromatic rings. The van der Waals surface area contributed by atoms with Crippen LogP contribution in [0.3, 0.4) is 0 Å². The Labute approximate surface area is 192 Å². The van der Waals surface area contributed by atoms with Crippen molar-refractivity contribution in [3.05, 3.63) is 52.1 Å². The van der Waals surface area contributed by atoms with Gasteiger partial charge in [0.2, 0.25) is 10.0 Å². The van der Waals surface area contributed by atoms with E-state index < -0.39 is 15.8 Å². The largest absolute Gasteiger partial charge is 0.486 e. The molecular weight excluding hydrogens is 479 g/mol. The molecule has 2 aliphatic heterocycles. The highest BCUT2D eigenvalue weighted by atomic mass is 35.5. The summed E-state index contributed by atoms with van der Waals surface area (Å²) in [5.41, 5.74) is 0. The van der Waals surface area contributed by atoms with Crippen molar-refractivity contribution in [2.24, 2.45) is 0 Å². The Morgan fingerprint density at radius 3 is 2.47 bits per heavy atom. The van der Waals surface area contributed by atoms with Crippen LogP contribution in [0.2, 0.25) is 5.02 Å². The van der Waals surface area contributed by atoms with E-state index in [0.29, 0.717) is 44.7 Å². The Kier molecular flexibility index (Phi) is 5.48. The second-order valence-corrected chi connectivity index (χ2v) is 10.8. The van der Waals surface area contributed by atoms with E-state index in [0.717, 1.165) is 11.3 Å². The summed E-state index contributed by atoms with van der Waals surface area (Å²) in [6, 6.07) is 8.76. The van der Waals surface area contributed by atoms with E-state index in [4.69, 9.17) is 21.1 Å². The number of halogens is 2. The van der Waals surface area contributed by atoms with Crippen LogP contribution >= 0.6 is 22.9 Å². The highest BCUT2D eigenvalue weighted by molar-refractivity contribution is 7.89. The number of hydrogen-bond donors (Lipinski definition) is 0. The number of nitrogens with zero attached hydrogens (tertiary/aromatic N) is 2. The summed E-state index contributed by atoms with van der Waals surface area (Å²) in [7, 11) is -3.75. The summed E-state index contributed by atoms with van der Waals surface area (Å²) in [5.74, 6) is 0.244. The van der Waals surface area contributed by atoms with Crippen molar-refractivity contribution in [2.75, 3.05) is 39.4 Å². The average Bonchev–Trinajstić information content (AvgIpc) is 3.13. The van der Waals surface area contributed by atoms with Crippen LogP contribution in [0.5, 0.6) is 11.5 Å². The number of carbonyl (C=O) groups excluding carboxylic acids is 1. The van der Waals surface area contributed by atoms with Crippen molar-refractivity contribution in [3.8, 4) is 11.5 Å². The molecule has 5 rings (SSSR count). The Balaban J connectivity index is 1.31. The number of piperazine rings is 1. The summed E-state index contributed by atoms with van der Waals surface area (Å²) in [6.07, 6.45) is 0. The van der Waals surface area contributed by atoms with E-state index in [2.05, 4.69) is 0 Å². The summed E-state index contributed by atoms with van der Waals surface area (Å²) in [6.45, 7) is 1.54. The van der Waals surface area contributed by atoms with Gasteiger partial charge in [-0.25, -0.2) is 12.8 Å². The molecule has 0 spiro atoms. The second kappa shape index (κ2) is 8.18. The molecule has 2 aliphatic rings. The Hall–Kier alpha value is -2.40. The first kappa shape index (κ1) is 21.4. The van der Waals surface area contributed by atoms with E-state index in [1.165, 1.54) is 28.6 Å². The first-order chi connectivity index (χ1) is 15.3. The van der Waals surface area contributed by atoms with Gasteiger partial charge in [0.05, 0.1) is 9.92 Å². The minimum Gasteiger partial charge on any atom is -0.486 e. The van der Waals surface area contributed by atoms with Crippen LogP contribution < -0.4 is 9.47 Å². The van der Waals surface area contributed by atoms with Crippen LogP contribution in [-0.2, 0) is 10.0 Å². The Morgan fingerprint density at radius 2 is 1.72 bits per heavy atom. The number of carbonyl (C=O) groups is 1. The third kappa shape index (κ3) is 3.71. The van der Waals surface area contributed by atoms with Crippen LogP contribution in [0.1, 0.15) is 9.67 Å². The molecular formula is C21H18ClFN2O5S2. The van der Waals surface area contributed by atoms with Crippen molar-refractivity contribution in [3.63, 3.8) is 0 Å². The predicted molar refractivity (Wildman–Crippen MR) is 119 cm³/mol. The fourth-order valence-corrected chi connectivity index (χ4v) is 6.73. The zero-order valence-electron chi connectivity index (χ0n) is 16.7. The molecule has 3 heterocycles. The van der Waals surface area contributed by atoms with Gasteiger partial charge in [-0.2, -0.15) is 4.31 Å². The number of amides is 1. The summed E-state index contributed by atoms with van der Waals surface area (Å²) in [4.78, 5) is 15.0. The molecule has 2 aromatic carbocycles. The Bertz CT molecular complexity index is 1320. The van der Waals surface area contributed by atoms with Crippen LogP contribution in [0.15, 0.2) is 41.3 Å². The summed E-state index contributed by atoms with van der Waals surface area (Å²) in [5, 5.41) is 0.919. The van der Waals surface area contributed by atoms with Crippen molar-refractivity contribution in [1.29, 1.82) is 0 Å². The monoisotopic (exact) mass is 496 g/mol. The standard InChI is InChI=1S/C21H18ClFN2O5S2/c22-19-15-3-1-13(23)11-18(15)31-20(19)21(26)24-5-7-25(8-6-24)32(27,28)14-2-4-16-17(12-14)30-10-9-29-16/h1-4,11-12H,5-10H2. The van der Waals surface area contributed by atoms with Gasteiger partial charge in [0, 0.05) is 42.3 Å². The molecule has 1 fully saturated rings. The molecule has 0 atom stereocenters. The lowest BCUT2D eigenvalue weighted by Crippen LogP contribution is -2.50. The summed E-state index contributed by atoms with van der Waals surface area (Å²) >= 11 is 7.51. The van der Waals surface area contributed by atoms with Crippen molar-refractivity contribution in [2.45, 2.75) is 4.90 Å². The van der Waals surface area contributed by atoms with Gasteiger partial charge >= 0.3 is 0 Å². The maximum Gasteiger partial charge on any atom is 0.265 e. The van der Waals surface area contributed by atoms with E-state index >= 15 is 0 Å². The topological polar surface area (TPSA) is 76.2 Å². The van der Waals surface area contributed by atoms with Crippen molar-refractivity contribution in [1.82, 2.24) is 9.21 Å². The number of sulfonamides is 1. The molecule has 1 amide bonds. The van der Waals surface area contributed by atoms with Gasteiger partial charge in [-0.3, -0.25) is 4.79 Å². The lowest BCUT2D eigenvalue weighted by Gasteiger charge is -2.34. The number of rotatable bonds is 3. The van der Waals surface area contributed by atoms with Crippen LogP contribution in [0.25, 0.3) is 10.1 Å². The third-order valence-electron chi connectivity index (χ3n) is 5.46. The first-order valence-electron chi connectivity index (χ1n) is 9.91. The smallest absolute Gasteiger partial charge is 0.265 e. The molecule has 0 unspecified atom stereocenters. The average molecular weight is 497 g/mol. The highest BCUT2D eigenvalue weighted by Gasteiger charge is 2.32. The van der Waals surface area contributed by atoms with Gasteiger partial charge < -0.3 is 14.4 Å². The SMILES string of the molecule is O=C(c1sc2cc(F)ccc2c1Cl)N1CCN(S(=O)(=O)c2ccc3c(c2)OCCO3)CC1. The number of ether oxygens (including phenoxy) is 2. The third-order valence-corrected chi connectivity index (χ3v) is 9.00. The quantitative estimate of drug-likeness (QED) is 0.553. The molecule has 168 valence electrons. The maximum absolute atomic E-state index is 13.5. The number of hydrogen-bond acceptors (Lipinski definition) is 6. The molecule has 32 heavy (non-hydrogen) atoms. The molecule has 1 aromatic heterocycles. The molecule has 0 aliphatic carbocycles. The zero-order chi connectivity index (χ0) is 22.5. The van der Waals surface area contributed by atoms with Gasteiger partial charge in [0.15, 0.2) is 11.5 Å². The summed E-state index contributed by atoms with van der Waals surface area (Å²) < 4.78 is 52.6. The molecule has 1 saturated heterocycles.